The Morgan fingerprint density at radius 2 is 2.00 bits per heavy atom. The molecule has 1 amide bonds. The Balaban J connectivity index is 1.30. The van der Waals surface area contributed by atoms with Crippen molar-refractivity contribution in [2.75, 3.05) is 0 Å². The van der Waals surface area contributed by atoms with Gasteiger partial charge in [-0.1, -0.05) is 48.5 Å². The van der Waals surface area contributed by atoms with Crippen molar-refractivity contribution in [3.63, 3.8) is 0 Å². The van der Waals surface area contributed by atoms with E-state index >= 15 is 0 Å². The summed E-state index contributed by atoms with van der Waals surface area (Å²) in [6.45, 7) is 4.73. The molecule has 1 N–H and O–H groups in total. The lowest BCUT2D eigenvalue weighted by Crippen LogP contribution is -2.43. The van der Waals surface area contributed by atoms with Crippen molar-refractivity contribution >= 4 is 17.7 Å². The zero-order chi connectivity index (χ0) is 22.1. The molecule has 2 bridgehead atoms. The van der Waals surface area contributed by atoms with Crippen LogP contribution in [0.4, 0.5) is 0 Å². The molecule has 2 aliphatic carbocycles. The van der Waals surface area contributed by atoms with Crippen LogP contribution in [0.15, 0.2) is 58.3 Å². The zero-order valence-electron chi connectivity index (χ0n) is 18.6. The number of hydrogen-bond acceptors (Lipinski definition) is 5. The third-order valence-corrected chi connectivity index (χ3v) is 8.18. The highest BCUT2D eigenvalue weighted by molar-refractivity contribution is 8.00. The van der Waals surface area contributed by atoms with Crippen molar-refractivity contribution in [1.82, 2.24) is 20.1 Å². The van der Waals surface area contributed by atoms with E-state index in [2.05, 4.69) is 34.6 Å². The molecule has 5 atom stereocenters. The van der Waals surface area contributed by atoms with Crippen molar-refractivity contribution in [1.29, 1.82) is 0 Å². The number of rotatable bonds is 8. The summed E-state index contributed by atoms with van der Waals surface area (Å²) in [5.74, 6) is 3.71. The molecule has 1 aromatic carbocycles. The maximum absolute atomic E-state index is 13.0. The van der Waals surface area contributed by atoms with Gasteiger partial charge in [-0.25, -0.2) is 0 Å². The molecule has 5 rings (SSSR count). The van der Waals surface area contributed by atoms with Crippen LogP contribution in [-0.4, -0.2) is 32.0 Å². The molecule has 6 nitrogen and oxygen atoms in total. The van der Waals surface area contributed by atoms with Crippen LogP contribution in [0.5, 0.6) is 0 Å². The number of furan rings is 1. The molecule has 2 fully saturated rings. The van der Waals surface area contributed by atoms with Gasteiger partial charge in [0.15, 0.2) is 10.9 Å². The summed E-state index contributed by atoms with van der Waals surface area (Å²) >= 11 is 1.45. The van der Waals surface area contributed by atoms with Crippen LogP contribution < -0.4 is 5.32 Å². The standard InChI is InChI=1S/C25H30N4O2S/c1-16(21-14-19-10-11-20(21)13-19)26-24(30)17(2)32-25-28-27-23(22-9-6-12-31-22)29(25)15-18-7-4-3-5-8-18/h3-9,12,16-17,19-21H,10-11,13-15H2,1-2H3,(H,26,30). The molecule has 2 aliphatic rings. The minimum atomic E-state index is -0.265. The van der Waals surface area contributed by atoms with Gasteiger partial charge in [0.2, 0.25) is 11.7 Å². The molecular weight excluding hydrogens is 420 g/mol. The highest BCUT2D eigenvalue weighted by Crippen LogP contribution is 2.49. The molecule has 2 aromatic heterocycles. The Morgan fingerprint density at radius 1 is 1.16 bits per heavy atom. The number of nitrogens with zero attached hydrogens (tertiary/aromatic N) is 3. The number of carbonyl (C=O) groups is 1. The summed E-state index contributed by atoms with van der Waals surface area (Å²) in [6.07, 6.45) is 6.97. The van der Waals surface area contributed by atoms with Crippen LogP contribution in [0, 0.1) is 17.8 Å². The molecule has 3 aromatic rings. The van der Waals surface area contributed by atoms with E-state index in [9.17, 15) is 4.79 Å². The Morgan fingerprint density at radius 3 is 2.69 bits per heavy atom. The van der Waals surface area contributed by atoms with E-state index in [1.54, 1.807) is 6.26 Å². The van der Waals surface area contributed by atoms with Crippen LogP contribution in [0.25, 0.3) is 11.6 Å². The normalized spacial score (nSPS) is 23.9. The van der Waals surface area contributed by atoms with Gasteiger partial charge < -0.3 is 9.73 Å². The molecule has 0 spiro atoms. The van der Waals surface area contributed by atoms with E-state index in [1.165, 1.54) is 37.4 Å². The second-order valence-corrected chi connectivity index (χ2v) is 10.6. The average Bonchev–Trinajstić information content (AvgIpc) is 3.60. The maximum atomic E-state index is 13.0. The first-order valence-electron chi connectivity index (χ1n) is 11.6. The smallest absolute Gasteiger partial charge is 0.233 e. The summed E-state index contributed by atoms with van der Waals surface area (Å²) in [4.78, 5) is 13.0. The predicted octanol–water partition coefficient (Wildman–Crippen LogP) is 5.01. The number of fused-ring (bicyclic) bond motifs is 2. The fourth-order valence-electron chi connectivity index (χ4n) is 5.44. The first-order valence-corrected chi connectivity index (χ1v) is 12.4. The molecule has 0 radical (unpaired) electrons. The van der Waals surface area contributed by atoms with Crippen LogP contribution in [0.1, 0.15) is 45.1 Å². The Kier molecular flexibility index (Phi) is 6.09. The molecule has 7 heteroatoms. The third kappa shape index (κ3) is 4.35. The molecule has 5 unspecified atom stereocenters. The highest BCUT2D eigenvalue weighted by atomic mass is 32.2. The fraction of sp³-hybridized carbons (Fsp3) is 0.480. The van der Waals surface area contributed by atoms with Gasteiger partial charge in [-0.05, 0) is 68.6 Å². The summed E-state index contributed by atoms with van der Waals surface area (Å²) < 4.78 is 7.62. The molecule has 0 aliphatic heterocycles. The topological polar surface area (TPSA) is 73.0 Å². The Bertz CT molecular complexity index is 1050. The number of amides is 1. The van der Waals surface area contributed by atoms with Crippen LogP contribution >= 0.6 is 11.8 Å². The van der Waals surface area contributed by atoms with Crippen LogP contribution in [-0.2, 0) is 11.3 Å². The number of aromatic nitrogens is 3. The number of carbonyl (C=O) groups excluding carboxylic acids is 1. The van der Waals surface area contributed by atoms with E-state index in [0.29, 0.717) is 24.0 Å². The van der Waals surface area contributed by atoms with Crippen molar-refractivity contribution in [2.24, 2.45) is 17.8 Å². The highest BCUT2D eigenvalue weighted by Gasteiger charge is 2.42. The minimum absolute atomic E-state index is 0.0686. The second kappa shape index (κ2) is 9.14. The average molecular weight is 451 g/mol. The van der Waals surface area contributed by atoms with Crippen LogP contribution in [0.3, 0.4) is 0 Å². The SMILES string of the molecule is CC(Sc1nnc(-c2ccco2)n1Cc1ccccc1)C(=O)NC(C)C1CC2CCC1C2. The summed E-state index contributed by atoms with van der Waals surface area (Å²) in [5.41, 5.74) is 1.14. The quantitative estimate of drug-likeness (QED) is 0.489. The largest absolute Gasteiger partial charge is 0.461 e. The van der Waals surface area contributed by atoms with Crippen molar-refractivity contribution in [2.45, 2.75) is 62.5 Å². The lowest BCUT2D eigenvalue weighted by molar-refractivity contribution is -0.121. The molecule has 0 saturated heterocycles. The lowest BCUT2D eigenvalue weighted by atomic mass is 9.84. The number of thioether (sulfide) groups is 1. The van der Waals surface area contributed by atoms with E-state index in [1.807, 2.05) is 41.8 Å². The van der Waals surface area contributed by atoms with E-state index in [-0.39, 0.29) is 17.2 Å². The predicted molar refractivity (Wildman–Crippen MR) is 125 cm³/mol. The fourth-order valence-corrected chi connectivity index (χ4v) is 6.30. The second-order valence-electron chi connectivity index (χ2n) is 9.25. The van der Waals surface area contributed by atoms with Gasteiger partial charge in [0, 0.05) is 6.04 Å². The van der Waals surface area contributed by atoms with E-state index < -0.39 is 0 Å². The molecule has 32 heavy (non-hydrogen) atoms. The lowest BCUT2D eigenvalue weighted by Gasteiger charge is -2.29. The van der Waals surface area contributed by atoms with Crippen molar-refractivity contribution in [3.05, 3.63) is 54.3 Å². The van der Waals surface area contributed by atoms with Gasteiger partial charge in [0.1, 0.15) is 0 Å². The third-order valence-electron chi connectivity index (χ3n) is 7.10. The molecular formula is C25H30N4O2S. The number of nitrogens with one attached hydrogen (secondary N) is 1. The van der Waals surface area contributed by atoms with Crippen molar-refractivity contribution in [3.8, 4) is 11.6 Å². The molecule has 2 heterocycles. The first kappa shape index (κ1) is 21.3. The monoisotopic (exact) mass is 450 g/mol. The summed E-state index contributed by atoms with van der Waals surface area (Å²) in [7, 11) is 0. The first-order chi connectivity index (χ1) is 15.6. The molecule has 2 saturated carbocycles. The van der Waals surface area contributed by atoms with Crippen LogP contribution in [0.2, 0.25) is 0 Å². The number of hydrogen-bond donors (Lipinski definition) is 1. The number of benzene rings is 1. The van der Waals surface area contributed by atoms with Gasteiger partial charge in [-0.2, -0.15) is 0 Å². The van der Waals surface area contributed by atoms with Gasteiger partial charge >= 0.3 is 0 Å². The van der Waals surface area contributed by atoms with Crippen molar-refractivity contribution < 1.29 is 9.21 Å². The van der Waals surface area contributed by atoms with Gasteiger partial charge in [-0.3, -0.25) is 9.36 Å². The van der Waals surface area contributed by atoms with E-state index in [4.69, 9.17) is 4.42 Å². The summed E-state index contributed by atoms with van der Waals surface area (Å²) in [5, 5.41) is 12.5. The van der Waals surface area contributed by atoms with Gasteiger partial charge in [-0.15, -0.1) is 10.2 Å². The van der Waals surface area contributed by atoms with Gasteiger partial charge in [0.25, 0.3) is 0 Å². The molecule has 168 valence electrons. The maximum Gasteiger partial charge on any atom is 0.233 e. The Hall–Kier alpha value is -2.54. The minimum Gasteiger partial charge on any atom is -0.461 e. The summed E-state index contributed by atoms with van der Waals surface area (Å²) in [6, 6.07) is 14.1. The Labute approximate surface area is 193 Å². The zero-order valence-corrected chi connectivity index (χ0v) is 19.4. The van der Waals surface area contributed by atoms with Gasteiger partial charge in [0.05, 0.1) is 18.1 Å². The van der Waals surface area contributed by atoms with E-state index in [0.717, 1.165) is 22.6 Å².